The fraction of sp³-hybridized carbons (Fsp3) is 0.494. The molecule has 4 aliphatic heterocycles. The molecule has 0 saturated carbocycles. The van der Waals surface area contributed by atoms with Crippen molar-refractivity contribution in [3.8, 4) is 0 Å². The molecule has 0 bridgehead atoms. The SMILES string of the molecule is C.CCC(=O)c1cn(CC(F)CCc2ccc(I)nn2)nn1.CCC(=O)c1cn(CC(F)CCc2ccc(NC(=O)Cc3cc(C4CCOCC4)ccn3)nn2)nn1.CCC(=O)c1cn(CC(F)CCc2ccc(NC(=O)Cc3cc(C4CCOCC4)ccn3)nn2)nn1.COC(=O)Cc1cc(C2CCOCC2)ccn1.N.NC(=O)Cc1cc(C2CCOCC2)ccn1. The third-order valence-corrected chi connectivity index (χ3v) is 21.7. The number of alkyl halides is 3. The van der Waals surface area contributed by atoms with Gasteiger partial charge >= 0.3 is 5.97 Å². The molecule has 10 aromatic heterocycles. The number of Topliss-reactive ketones (excluding diaryl/α,β-unsaturated/α-hetero) is 3. The first kappa shape index (κ1) is 102. The second kappa shape index (κ2) is 54.6. The molecule has 4 aliphatic rings. The van der Waals surface area contributed by atoms with E-state index < -0.39 is 18.5 Å². The van der Waals surface area contributed by atoms with Crippen molar-refractivity contribution in [2.24, 2.45) is 5.73 Å². The average Bonchev–Trinajstić information content (AvgIpc) is 1.52. The van der Waals surface area contributed by atoms with Crippen LogP contribution in [0.25, 0.3) is 0 Å². The van der Waals surface area contributed by atoms with Crippen molar-refractivity contribution in [3.63, 3.8) is 0 Å². The lowest BCUT2D eigenvalue weighted by molar-refractivity contribution is -0.139. The summed E-state index contributed by atoms with van der Waals surface area (Å²) < 4.78 is 73.7. The van der Waals surface area contributed by atoms with Crippen LogP contribution in [0.4, 0.5) is 24.8 Å². The van der Waals surface area contributed by atoms with Crippen LogP contribution in [0.5, 0.6) is 0 Å². The van der Waals surface area contributed by atoms with E-state index in [1.807, 2.05) is 60.7 Å². The molecule has 686 valence electrons. The first-order chi connectivity index (χ1) is 61.1. The van der Waals surface area contributed by atoms with Gasteiger partial charge in [0, 0.05) is 114 Å². The standard InChI is InChI=1S/2C25H30FN7O3.C13H15FIN5O.C13H17NO3.C12H16N2O2.CH4.H3N/c2*1-2-23(34)22-16-33(32-30-22)15-19(26)3-4-20-5-6-24(31-29-20)28-25(35)14-21-13-18(7-10-27-21)17-8-11-36-12-9-17;1-2-12(21)11-8-20(19-17-11)7-9(14)3-4-10-5-6-13(15)18-16-10;1-16-13(15)9-12-8-11(2-5-14-12)10-3-6-17-7-4-10;13-12(15)8-11-7-10(1-4-14-11)9-2-5-16-6-3-9;;/h2*5-7,10,13,16-17,19H,2-4,8-9,11-12,14-15H2,1H3,(H,28,31,35);5-6,8-9H,2-4,7H2,1H3;2,5,8,10H,3-4,6-7,9H2,1H3;1,4,7,9H,2-3,5-6,8H2,(H2,13,15);1H4;1H3. The monoisotopic (exact) mass is 1880 g/mol. The molecule has 0 spiro atoms. The number of hydrogen-bond acceptors (Lipinski definition) is 29. The van der Waals surface area contributed by atoms with Gasteiger partial charge < -0.3 is 46.2 Å². The molecule has 3 unspecified atom stereocenters. The number of nitrogens with two attached hydrogens (primary N) is 1. The summed E-state index contributed by atoms with van der Waals surface area (Å²) in [6, 6.07) is 26.4. The molecule has 3 atom stereocenters. The Morgan fingerprint density at radius 3 is 0.992 bits per heavy atom. The number of carbonyl (C=O) groups is 7. The van der Waals surface area contributed by atoms with Crippen molar-refractivity contribution in [2.75, 3.05) is 70.6 Å². The number of hydrogen-bond donors (Lipinski definition) is 4. The average molecular weight is 1880 g/mol. The highest BCUT2D eigenvalue weighted by Crippen LogP contribution is 2.31. The molecular formula is C89H115F3IN23O12. The molecule has 7 N–H and O–H groups in total. The second-order valence-corrected chi connectivity index (χ2v) is 31.7. The maximum atomic E-state index is 14.4. The maximum Gasteiger partial charge on any atom is 0.311 e. The molecule has 0 aliphatic carbocycles. The lowest BCUT2D eigenvalue weighted by Gasteiger charge is -2.22. The van der Waals surface area contributed by atoms with Crippen LogP contribution >= 0.6 is 22.6 Å². The number of carbonyl (C=O) groups excluding carboxylic acids is 7. The van der Waals surface area contributed by atoms with E-state index in [-0.39, 0.29) is 130 Å². The minimum absolute atomic E-state index is 0. The van der Waals surface area contributed by atoms with Gasteiger partial charge in [0.2, 0.25) is 17.7 Å². The largest absolute Gasteiger partial charge is 0.469 e. The molecule has 3 amide bonds. The lowest BCUT2D eigenvalue weighted by Crippen LogP contribution is -2.18. The van der Waals surface area contributed by atoms with E-state index in [2.05, 4.69) is 119 Å². The molecule has 4 fully saturated rings. The maximum absolute atomic E-state index is 14.4. The van der Waals surface area contributed by atoms with E-state index in [4.69, 9.17) is 24.7 Å². The number of nitrogens with one attached hydrogen (secondary N) is 2. The fourth-order valence-corrected chi connectivity index (χ4v) is 14.4. The highest BCUT2D eigenvalue weighted by molar-refractivity contribution is 14.1. The van der Waals surface area contributed by atoms with Gasteiger partial charge in [-0.05, 0) is 243 Å². The molecule has 14 rings (SSSR count). The van der Waals surface area contributed by atoms with Crippen LogP contribution in [0.2, 0.25) is 0 Å². The van der Waals surface area contributed by atoms with E-state index in [0.717, 1.165) is 125 Å². The summed E-state index contributed by atoms with van der Waals surface area (Å²) >= 11 is 2.07. The Kier molecular flexibility index (Phi) is 43.5. The molecule has 128 heavy (non-hydrogen) atoms. The summed E-state index contributed by atoms with van der Waals surface area (Å²) in [7, 11) is 1.39. The van der Waals surface area contributed by atoms with Crippen molar-refractivity contribution in [3.05, 3.63) is 211 Å². The smallest absolute Gasteiger partial charge is 0.311 e. The van der Waals surface area contributed by atoms with Crippen LogP contribution in [-0.4, -0.2) is 215 Å². The van der Waals surface area contributed by atoms with Gasteiger partial charge in [-0.25, -0.2) is 27.2 Å². The second-order valence-electron chi connectivity index (χ2n) is 30.6. The van der Waals surface area contributed by atoms with E-state index in [0.29, 0.717) is 103 Å². The summed E-state index contributed by atoms with van der Waals surface area (Å²) in [6.45, 7) is 11.6. The molecule has 10 aromatic rings. The zero-order chi connectivity index (χ0) is 89.4. The first-order valence-corrected chi connectivity index (χ1v) is 43.6. The number of anilines is 2. The zero-order valence-electron chi connectivity index (χ0n) is 72.0. The van der Waals surface area contributed by atoms with Gasteiger partial charge in [0.15, 0.2) is 29.0 Å². The molecule has 35 nitrogen and oxygen atoms in total. The van der Waals surface area contributed by atoms with Crippen LogP contribution in [0.3, 0.4) is 0 Å². The number of halogens is 4. The molecule has 39 heteroatoms. The summed E-state index contributed by atoms with van der Waals surface area (Å²) in [4.78, 5) is 98.6. The molecule has 0 radical (unpaired) electrons. The van der Waals surface area contributed by atoms with Crippen LogP contribution in [0.15, 0.2) is 128 Å². The Balaban J connectivity index is 0.000000205. The predicted molar refractivity (Wildman–Crippen MR) is 476 cm³/mol. The molecule has 14 heterocycles. The van der Waals surface area contributed by atoms with Gasteiger partial charge in [0.05, 0.1) is 93.8 Å². The number of methoxy groups -OCH3 is 1. The van der Waals surface area contributed by atoms with Crippen LogP contribution in [0.1, 0.15) is 235 Å². The molecule has 4 saturated heterocycles. The van der Waals surface area contributed by atoms with Crippen molar-refractivity contribution in [1.29, 1.82) is 0 Å². The van der Waals surface area contributed by atoms with Gasteiger partial charge in [-0.1, -0.05) is 43.8 Å². The highest BCUT2D eigenvalue weighted by Gasteiger charge is 2.24. The van der Waals surface area contributed by atoms with Gasteiger partial charge in [0.25, 0.3) is 0 Å². The third-order valence-electron chi connectivity index (χ3n) is 21.1. The van der Waals surface area contributed by atoms with Gasteiger partial charge in [0.1, 0.15) is 39.3 Å². The highest BCUT2D eigenvalue weighted by atomic mass is 127. The van der Waals surface area contributed by atoms with Gasteiger partial charge in [-0.15, -0.1) is 30.6 Å². The Morgan fingerprint density at radius 1 is 0.422 bits per heavy atom. The van der Waals surface area contributed by atoms with E-state index in [1.165, 1.54) is 62.0 Å². The predicted octanol–water partition coefficient (Wildman–Crippen LogP) is 11.9. The summed E-state index contributed by atoms with van der Waals surface area (Å²) in [5.41, 5.74) is 15.7. The summed E-state index contributed by atoms with van der Waals surface area (Å²) in [5, 5.41) is 52.3. The molecular weight excluding hydrogens is 1770 g/mol. The van der Waals surface area contributed by atoms with Crippen molar-refractivity contribution in [1.82, 2.24) is 102 Å². The number of amides is 3. The normalized spacial score (nSPS) is 14.8. The molecule has 0 aromatic carbocycles. The summed E-state index contributed by atoms with van der Waals surface area (Å²) in [5.74, 6) is 1.20. The number of primary amides is 1. The Hall–Kier alpha value is -11.5. The van der Waals surface area contributed by atoms with Gasteiger partial charge in [-0.2, -0.15) is 15.3 Å². The summed E-state index contributed by atoms with van der Waals surface area (Å²) in [6.07, 6.45) is 19.8. The van der Waals surface area contributed by atoms with Crippen molar-refractivity contribution < 1.29 is 70.4 Å². The number of nitrogens with zero attached hydrogens (tertiary/aromatic N) is 19. The van der Waals surface area contributed by atoms with E-state index >= 15 is 0 Å². The van der Waals surface area contributed by atoms with Crippen molar-refractivity contribution in [2.45, 2.75) is 225 Å². The van der Waals surface area contributed by atoms with Crippen LogP contribution < -0.4 is 22.5 Å². The van der Waals surface area contributed by atoms with Crippen LogP contribution in [0, 0.1) is 3.70 Å². The number of ketones is 3. The minimum atomic E-state index is -1.18. The Labute approximate surface area is 755 Å². The fourth-order valence-electron chi connectivity index (χ4n) is 14.1. The minimum Gasteiger partial charge on any atom is -0.469 e. The van der Waals surface area contributed by atoms with Gasteiger partial charge in [-0.3, -0.25) is 53.5 Å². The van der Waals surface area contributed by atoms with Crippen LogP contribution in [-0.2, 0) is 107 Å². The van der Waals surface area contributed by atoms with E-state index in [9.17, 15) is 46.7 Å². The van der Waals surface area contributed by atoms with E-state index in [1.54, 1.807) is 69.8 Å². The number of rotatable bonds is 35. The number of ether oxygens (including phenoxy) is 5. The number of pyridine rings is 4. The Bertz CT molecular complexity index is 4890. The topological polar surface area (TPSA) is 472 Å². The third kappa shape index (κ3) is 35.3. The number of aryl methyl sites for hydroxylation is 3. The van der Waals surface area contributed by atoms with Crippen molar-refractivity contribution >= 4 is 75.3 Å². The first-order valence-electron chi connectivity index (χ1n) is 42.5. The zero-order valence-corrected chi connectivity index (χ0v) is 74.1. The number of esters is 1. The number of aromatic nitrogens is 19. The Morgan fingerprint density at radius 2 is 0.719 bits per heavy atom. The lowest BCUT2D eigenvalue weighted by atomic mass is 9.92. The quantitative estimate of drug-likeness (QED) is 0.0163.